The smallest absolute Gasteiger partial charge is 0.253 e. The summed E-state index contributed by atoms with van der Waals surface area (Å²) in [6.07, 6.45) is 3.15. The van der Waals surface area contributed by atoms with Crippen molar-refractivity contribution in [2.75, 3.05) is 11.9 Å². The molecule has 2 N–H and O–H groups in total. The summed E-state index contributed by atoms with van der Waals surface area (Å²) in [5.74, 6) is 0.250. The van der Waals surface area contributed by atoms with E-state index in [1.54, 1.807) is 24.4 Å². The zero-order chi connectivity index (χ0) is 19.1. The zero-order valence-electron chi connectivity index (χ0n) is 14.9. The fourth-order valence-electron chi connectivity index (χ4n) is 2.49. The lowest BCUT2D eigenvalue weighted by molar-refractivity contribution is 0.0950. The van der Waals surface area contributed by atoms with Gasteiger partial charge in [0, 0.05) is 18.4 Å². The van der Waals surface area contributed by atoms with E-state index >= 15 is 0 Å². The lowest BCUT2D eigenvalue weighted by Gasteiger charge is -2.10. The summed E-state index contributed by atoms with van der Waals surface area (Å²) in [6.45, 7) is 2.87. The molecule has 3 aromatic rings. The van der Waals surface area contributed by atoms with Crippen molar-refractivity contribution in [1.82, 2.24) is 10.3 Å². The largest absolute Gasteiger partial charge is 0.494 e. The number of nitrogens with zero attached hydrogens (tertiary/aromatic N) is 1. The lowest BCUT2D eigenvalue weighted by Crippen LogP contribution is -2.23. The van der Waals surface area contributed by atoms with E-state index in [4.69, 9.17) is 4.74 Å². The van der Waals surface area contributed by atoms with E-state index in [2.05, 4.69) is 15.6 Å². The van der Waals surface area contributed by atoms with Gasteiger partial charge in [0.2, 0.25) is 0 Å². The Morgan fingerprint density at radius 3 is 2.48 bits per heavy atom. The fourth-order valence-corrected chi connectivity index (χ4v) is 2.49. The van der Waals surface area contributed by atoms with Crippen LogP contribution in [0.2, 0.25) is 0 Å². The zero-order valence-corrected chi connectivity index (χ0v) is 14.9. The molecule has 3 rings (SSSR count). The van der Waals surface area contributed by atoms with Crippen molar-refractivity contribution in [3.63, 3.8) is 0 Å². The molecule has 0 aliphatic heterocycles. The van der Waals surface area contributed by atoms with Gasteiger partial charge in [-0.15, -0.1) is 0 Å². The first-order valence-corrected chi connectivity index (χ1v) is 8.61. The number of pyridine rings is 1. The summed E-state index contributed by atoms with van der Waals surface area (Å²) in [4.78, 5) is 16.5. The first-order chi connectivity index (χ1) is 13.1. The number of nitrogens with one attached hydrogen (secondary N) is 2. The molecular weight excluding hydrogens is 345 g/mol. The Morgan fingerprint density at radius 1 is 1.04 bits per heavy atom. The number of ether oxygens (including phenoxy) is 1. The Bertz CT molecular complexity index is 896. The molecule has 0 aliphatic carbocycles. The lowest BCUT2D eigenvalue weighted by atomic mass is 10.2. The Labute approximate surface area is 157 Å². The van der Waals surface area contributed by atoms with Crippen molar-refractivity contribution < 1.29 is 13.9 Å². The maximum absolute atomic E-state index is 12.9. The fraction of sp³-hybridized carbons (Fsp3) is 0.143. The normalized spacial score (nSPS) is 10.3. The number of aromatic nitrogens is 1. The van der Waals surface area contributed by atoms with E-state index in [-0.39, 0.29) is 11.7 Å². The molecule has 0 fully saturated rings. The van der Waals surface area contributed by atoms with Gasteiger partial charge >= 0.3 is 0 Å². The Kier molecular flexibility index (Phi) is 5.99. The van der Waals surface area contributed by atoms with Crippen LogP contribution in [0.25, 0.3) is 0 Å². The van der Waals surface area contributed by atoms with Gasteiger partial charge in [0.25, 0.3) is 5.91 Å². The van der Waals surface area contributed by atoms with Crippen LogP contribution in [0.5, 0.6) is 5.75 Å². The predicted molar refractivity (Wildman–Crippen MR) is 103 cm³/mol. The van der Waals surface area contributed by atoms with Crippen molar-refractivity contribution in [3.8, 4) is 5.75 Å². The van der Waals surface area contributed by atoms with Crippen molar-refractivity contribution >= 4 is 17.3 Å². The summed E-state index contributed by atoms with van der Waals surface area (Å²) in [5.41, 5.74) is 2.83. The molecule has 0 saturated heterocycles. The highest BCUT2D eigenvalue weighted by Crippen LogP contribution is 2.20. The van der Waals surface area contributed by atoms with E-state index in [0.717, 1.165) is 17.0 Å². The van der Waals surface area contributed by atoms with Crippen LogP contribution in [0, 0.1) is 5.82 Å². The molecule has 0 aliphatic rings. The van der Waals surface area contributed by atoms with E-state index < -0.39 is 0 Å². The number of carbonyl (C=O) groups is 1. The second-order valence-electron chi connectivity index (χ2n) is 5.85. The van der Waals surface area contributed by atoms with Crippen molar-refractivity contribution in [2.45, 2.75) is 13.5 Å². The van der Waals surface area contributed by atoms with Crippen LogP contribution in [0.3, 0.4) is 0 Å². The number of halogens is 1. The first kappa shape index (κ1) is 18.4. The second-order valence-corrected chi connectivity index (χ2v) is 5.85. The first-order valence-electron chi connectivity index (χ1n) is 8.61. The molecule has 1 heterocycles. The number of anilines is 2. The van der Waals surface area contributed by atoms with Crippen LogP contribution >= 0.6 is 0 Å². The topological polar surface area (TPSA) is 63.2 Å². The minimum Gasteiger partial charge on any atom is -0.494 e. The number of hydrogen-bond donors (Lipinski definition) is 2. The van der Waals surface area contributed by atoms with Crippen LogP contribution in [-0.2, 0) is 6.54 Å². The predicted octanol–water partition coefficient (Wildman–Crippen LogP) is 4.29. The quantitative estimate of drug-likeness (QED) is 0.655. The minimum atomic E-state index is -0.303. The highest BCUT2D eigenvalue weighted by Gasteiger charge is 2.07. The maximum Gasteiger partial charge on any atom is 0.253 e. The molecule has 0 atom stereocenters. The molecule has 0 radical (unpaired) electrons. The summed E-state index contributed by atoms with van der Waals surface area (Å²) < 4.78 is 18.3. The maximum atomic E-state index is 12.9. The highest BCUT2D eigenvalue weighted by atomic mass is 19.1. The highest BCUT2D eigenvalue weighted by molar-refractivity contribution is 5.94. The van der Waals surface area contributed by atoms with Crippen LogP contribution in [0.4, 0.5) is 15.8 Å². The number of carbonyl (C=O) groups excluding carboxylic acids is 1. The molecule has 1 amide bonds. The Balaban J connectivity index is 1.62. The van der Waals surface area contributed by atoms with Crippen LogP contribution < -0.4 is 15.4 Å². The van der Waals surface area contributed by atoms with Gasteiger partial charge in [-0.2, -0.15) is 0 Å². The molecule has 27 heavy (non-hydrogen) atoms. The van der Waals surface area contributed by atoms with E-state index in [9.17, 15) is 9.18 Å². The number of hydrogen-bond acceptors (Lipinski definition) is 4. The van der Waals surface area contributed by atoms with Gasteiger partial charge in [0.05, 0.1) is 24.1 Å². The summed E-state index contributed by atoms with van der Waals surface area (Å²) in [5, 5.41) is 6.01. The second kappa shape index (κ2) is 8.80. The average molecular weight is 365 g/mol. The molecule has 0 unspecified atom stereocenters. The number of rotatable bonds is 7. The summed E-state index contributed by atoms with van der Waals surface area (Å²) >= 11 is 0. The molecule has 138 valence electrons. The van der Waals surface area contributed by atoms with Crippen molar-refractivity contribution in [3.05, 3.63) is 83.9 Å². The Hall–Kier alpha value is -3.41. The molecule has 0 bridgehead atoms. The third-order valence-electron chi connectivity index (χ3n) is 3.82. The molecule has 0 saturated carbocycles. The number of benzene rings is 2. The van der Waals surface area contributed by atoms with Crippen LogP contribution in [-0.4, -0.2) is 17.5 Å². The van der Waals surface area contributed by atoms with Gasteiger partial charge in [-0.3, -0.25) is 9.78 Å². The minimum absolute atomic E-state index is 0.248. The standard InChI is InChI=1S/C21H20FN3O2/c1-2-27-20-9-7-18(8-10-20)25-19-11-16(13-23-14-19)21(26)24-12-15-3-5-17(22)6-4-15/h3-11,13-14,25H,2,12H2,1H3,(H,24,26). The SMILES string of the molecule is CCOc1ccc(Nc2cncc(C(=O)NCc3ccc(F)cc3)c2)cc1. The van der Waals surface area contributed by atoms with Crippen molar-refractivity contribution in [1.29, 1.82) is 0 Å². The van der Waals surface area contributed by atoms with Gasteiger partial charge in [0.1, 0.15) is 11.6 Å². The van der Waals surface area contributed by atoms with E-state index in [0.29, 0.717) is 24.4 Å². The number of amides is 1. The van der Waals surface area contributed by atoms with Crippen LogP contribution in [0.15, 0.2) is 67.0 Å². The molecule has 5 nitrogen and oxygen atoms in total. The Morgan fingerprint density at radius 2 is 1.78 bits per heavy atom. The monoisotopic (exact) mass is 365 g/mol. The van der Waals surface area contributed by atoms with Gasteiger partial charge in [-0.25, -0.2) is 4.39 Å². The molecule has 1 aromatic heterocycles. The third kappa shape index (κ3) is 5.28. The van der Waals surface area contributed by atoms with E-state index in [1.807, 2.05) is 31.2 Å². The molecule has 0 spiro atoms. The summed E-state index contributed by atoms with van der Waals surface area (Å²) in [7, 11) is 0. The van der Waals surface area contributed by atoms with Gasteiger partial charge in [-0.05, 0) is 55.0 Å². The van der Waals surface area contributed by atoms with Gasteiger partial charge in [0.15, 0.2) is 0 Å². The van der Waals surface area contributed by atoms with E-state index in [1.165, 1.54) is 18.3 Å². The van der Waals surface area contributed by atoms with Gasteiger partial charge < -0.3 is 15.4 Å². The summed E-state index contributed by atoms with van der Waals surface area (Å²) in [6, 6.07) is 15.3. The van der Waals surface area contributed by atoms with Gasteiger partial charge in [-0.1, -0.05) is 12.1 Å². The third-order valence-corrected chi connectivity index (χ3v) is 3.82. The van der Waals surface area contributed by atoms with Crippen molar-refractivity contribution in [2.24, 2.45) is 0 Å². The average Bonchev–Trinajstić information content (AvgIpc) is 2.69. The van der Waals surface area contributed by atoms with Crippen LogP contribution in [0.1, 0.15) is 22.8 Å². The molecule has 2 aromatic carbocycles. The molecular formula is C21H20FN3O2. The molecule has 6 heteroatoms.